The summed E-state index contributed by atoms with van der Waals surface area (Å²) < 4.78 is 0. The third kappa shape index (κ3) is 4.39. The molecule has 0 aliphatic carbocycles. The van der Waals surface area contributed by atoms with Crippen LogP contribution in [-0.4, -0.2) is 5.91 Å². The molecule has 0 atom stereocenters. The monoisotopic (exact) mass is 311 g/mol. The normalized spacial score (nSPS) is 10.8. The minimum Gasteiger partial charge on any atom is -0.348 e. The minimum absolute atomic E-state index is 0.139. The first-order valence-electron chi connectivity index (χ1n) is 5.58. The van der Waals surface area contributed by atoms with Crippen molar-refractivity contribution < 1.29 is 4.79 Å². The molecule has 1 heterocycles. The molecule has 5 heteroatoms. The highest BCUT2D eigenvalue weighted by Gasteiger charge is 2.01. The van der Waals surface area contributed by atoms with Gasteiger partial charge in [0.05, 0.1) is 10.0 Å². The van der Waals surface area contributed by atoms with E-state index in [0.717, 1.165) is 10.4 Å². The number of thiophene rings is 1. The number of rotatable bonds is 4. The molecule has 2 nitrogen and oxygen atoms in total. The fourth-order valence-electron chi connectivity index (χ4n) is 1.44. The number of hydrogen-bond donors (Lipinski definition) is 1. The standard InChI is InChI=1S/C14H11Cl2NOS/c15-12-5-3-10(8-13(12)16)9-17-14(18)6-4-11-2-1-7-19-11/h1-8H,9H2,(H,17,18). The fourth-order valence-corrected chi connectivity index (χ4v) is 2.38. The lowest BCUT2D eigenvalue weighted by Crippen LogP contribution is -2.20. The Labute approximate surface area is 125 Å². The van der Waals surface area contributed by atoms with E-state index in [-0.39, 0.29) is 5.91 Å². The highest BCUT2D eigenvalue weighted by atomic mass is 35.5. The molecule has 0 saturated carbocycles. The predicted molar refractivity (Wildman–Crippen MR) is 81.7 cm³/mol. The molecule has 2 aromatic rings. The third-order valence-corrected chi connectivity index (χ3v) is 3.97. The number of nitrogens with one attached hydrogen (secondary N) is 1. The van der Waals surface area contributed by atoms with Crippen LogP contribution in [0.5, 0.6) is 0 Å². The van der Waals surface area contributed by atoms with Gasteiger partial charge in [-0.25, -0.2) is 0 Å². The minimum atomic E-state index is -0.139. The topological polar surface area (TPSA) is 29.1 Å². The van der Waals surface area contributed by atoms with Gasteiger partial charge in [0.15, 0.2) is 0 Å². The van der Waals surface area contributed by atoms with E-state index >= 15 is 0 Å². The van der Waals surface area contributed by atoms with E-state index in [2.05, 4.69) is 5.32 Å². The van der Waals surface area contributed by atoms with E-state index in [1.54, 1.807) is 29.5 Å². The Kier molecular flexibility index (Phi) is 5.02. The molecular weight excluding hydrogens is 301 g/mol. The van der Waals surface area contributed by atoms with Crippen LogP contribution in [0.4, 0.5) is 0 Å². The van der Waals surface area contributed by atoms with Gasteiger partial charge in [-0.15, -0.1) is 11.3 Å². The smallest absolute Gasteiger partial charge is 0.244 e. The zero-order chi connectivity index (χ0) is 13.7. The van der Waals surface area contributed by atoms with Gasteiger partial charge in [-0.05, 0) is 35.2 Å². The average Bonchev–Trinajstić information content (AvgIpc) is 2.91. The summed E-state index contributed by atoms with van der Waals surface area (Å²) in [5, 5.41) is 5.75. The number of halogens is 2. The van der Waals surface area contributed by atoms with E-state index in [0.29, 0.717) is 16.6 Å². The van der Waals surface area contributed by atoms with Gasteiger partial charge in [0, 0.05) is 17.5 Å². The Morgan fingerprint density at radius 1 is 1.26 bits per heavy atom. The van der Waals surface area contributed by atoms with E-state index in [4.69, 9.17) is 23.2 Å². The lowest BCUT2D eigenvalue weighted by atomic mass is 10.2. The first-order valence-corrected chi connectivity index (χ1v) is 7.22. The second-order valence-electron chi connectivity index (χ2n) is 3.82. The van der Waals surface area contributed by atoms with Crippen LogP contribution in [0.15, 0.2) is 41.8 Å². The number of carbonyl (C=O) groups is 1. The van der Waals surface area contributed by atoms with Crippen molar-refractivity contribution in [1.29, 1.82) is 0 Å². The summed E-state index contributed by atoms with van der Waals surface area (Å²) in [6.07, 6.45) is 3.30. The maximum absolute atomic E-state index is 11.6. The largest absolute Gasteiger partial charge is 0.348 e. The Balaban J connectivity index is 1.88. The molecule has 1 aromatic heterocycles. The van der Waals surface area contributed by atoms with Gasteiger partial charge in [-0.1, -0.05) is 35.3 Å². The van der Waals surface area contributed by atoms with Crippen LogP contribution in [0.3, 0.4) is 0 Å². The van der Waals surface area contributed by atoms with E-state index < -0.39 is 0 Å². The quantitative estimate of drug-likeness (QED) is 0.834. The van der Waals surface area contributed by atoms with Crippen LogP contribution < -0.4 is 5.32 Å². The number of amides is 1. The van der Waals surface area contributed by atoms with E-state index in [9.17, 15) is 4.79 Å². The molecule has 0 saturated heterocycles. The molecule has 0 radical (unpaired) electrons. The summed E-state index contributed by atoms with van der Waals surface area (Å²) in [5.41, 5.74) is 0.910. The van der Waals surface area contributed by atoms with Crippen molar-refractivity contribution in [2.24, 2.45) is 0 Å². The van der Waals surface area contributed by atoms with Gasteiger partial charge in [-0.3, -0.25) is 4.79 Å². The summed E-state index contributed by atoms with van der Waals surface area (Å²) >= 11 is 13.3. The summed E-state index contributed by atoms with van der Waals surface area (Å²) in [5.74, 6) is -0.139. The van der Waals surface area contributed by atoms with Gasteiger partial charge in [0.1, 0.15) is 0 Å². The maximum Gasteiger partial charge on any atom is 0.244 e. The molecule has 0 aliphatic heterocycles. The predicted octanol–water partition coefficient (Wildman–Crippen LogP) is 4.38. The number of carbonyl (C=O) groups excluding carboxylic acids is 1. The summed E-state index contributed by atoms with van der Waals surface area (Å²) in [4.78, 5) is 12.7. The van der Waals surface area contributed by atoms with Crippen LogP contribution in [0.2, 0.25) is 10.0 Å². The van der Waals surface area contributed by atoms with Gasteiger partial charge in [-0.2, -0.15) is 0 Å². The third-order valence-electron chi connectivity index (χ3n) is 2.39. The van der Waals surface area contributed by atoms with Crippen LogP contribution in [0.1, 0.15) is 10.4 Å². The Morgan fingerprint density at radius 2 is 2.11 bits per heavy atom. The first kappa shape index (κ1) is 14.1. The maximum atomic E-state index is 11.6. The average molecular weight is 312 g/mol. The van der Waals surface area contributed by atoms with Crippen LogP contribution in [-0.2, 0) is 11.3 Å². The van der Waals surface area contributed by atoms with Crippen molar-refractivity contribution in [3.63, 3.8) is 0 Å². The molecule has 98 valence electrons. The SMILES string of the molecule is O=C(C=Cc1cccs1)NCc1ccc(Cl)c(Cl)c1. The highest BCUT2D eigenvalue weighted by Crippen LogP contribution is 2.22. The van der Waals surface area contributed by atoms with Gasteiger partial charge in [0.2, 0.25) is 5.91 Å². The van der Waals surface area contributed by atoms with E-state index in [1.807, 2.05) is 23.6 Å². The molecule has 19 heavy (non-hydrogen) atoms. The van der Waals surface area contributed by atoms with Crippen molar-refractivity contribution in [1.82, 2.24) is 5.32 Å². The molecule has 0 fully saturated rings. The highest BCUT2D eigenvalue weighted by molar-refractivity contribution is 7.10. The van der Waals surface area contributed by atoms with Crippen molar-refractivity contribution >= 4 is 46.5 Å². The second-order valence-corrected chi connectivity index (χ2v) is 5.61. The molecule has 1 aromatic carbocycles. The van der Waals surface area contributed by atoms with Gasteiger partial charge < -0.3 is 5.32 Å². The molecule has 1 amide bonds. The number of hydrogen-bond acceptors (Lipinski definition) is 2. The van der Waals surface area contributed by atoms with Crippen LogP contribution >= 0.6 is 34.5 Å². The molecule has 0 unspecified atom stereocenters. The fraction of sp³-hybridized carbons (Fsp3) is 0.0714. The summed E-state index contributed by atoms with van der Waals surface area (Å²) in [6, 6.07) is 9.18. The van der Waals surface area contributed by atoms with E-state index in [1.165, 1.54) is 6.08 Å². The zero-order valence-electron chi connectivity index (χ0n) is 9.90. The molecule has 0 aliphatic rings. The van der Waals surface area contributed by atoms with Crippen LogP contribution in [0.25, 0.3) is 6.08 Å². The van der Waals surface area contributed by atoms with Crippen molar-refractivity contribution in [3.8, 4) is 0 Å². The Bertz CT molecular complexity index is 593. The molecule has 2 rings (SSSR count). The van der Waals surface area contributed by atoms with Gasteiger partial charge >= 0.3 is 0 Å². The first-order chi connectivity index (χ1) is 9.15. The molecule has 1 N–H and O–H groups in total. The lowest BCUT2D eigenvalue weighted by molar-refractivity contribution is -0.116. The summed E-state index contributed by atoms with van der Waals surface area (Å²) in [6.45, 7) is 0.421. The summed E-state index contributed by atoms with van der Waals surface area (Å²) in [7, 11) is 0. The second kappa shape index (κ2) is 6.75. The van der Waals surface area contributed by atoms with Crippen molar-refractivity contribution in [2.45, 2.75) is 6.54 Å². The van der Waals surface area contributed by atoms with Crippen LogP contribution in [0, 0.1) is 0 Å². The molecule has 0 spiro atoms. The number of benzene rings is 1. The molecular formula is C14H11Cl2NOS. The Hall–Kier alpha value is -1.29. The molecule has 0 bridgehead atoms. The lowest BCUT2D eigenvalue weighted by Gasteiger charge is -2.04. The Morgan fingerprint density at radius 3 is 2.79 bits per heavy atom. The zero-order valence-corrected chi connectivity index (χ0v) is 12.2. The van der Waals surface area contributed by atoms with Crippen molar-refractivity contribution in [3.05, 3.63) is 62.3 Å². The van der Waals surface area contributed by atoms with Crippen molar-refractivity contribution in [2.75, 3.05) is 0 Å². The van der Waals surface area contributed by atoms with Gasteiger partial charge in [0.25, 0.3) is 0 Å².